The molecular formula is C14H18N2O2. The van der Waals surface area contributed by atoms with Gasteiger partial charge in [0, 0.05) is 13.5 Å². The minimum absolute atomic E-state index is 0.563. The Hall–Kier alpha value is -1.97. The first kappa shape index (κ1) is 12.5. The summed E-state index contributed by atoms with van der Waals surface area (Å²) in [6, 6.07) is 6.72. The van der Waals surface area contributed by atoms with Gasteiger partial charge in [-0.3, -0.25) is 0 Å². The van der Waals surface area contributed by atoms with Crippen LogP contribution in [0.1, 0.15) is 22.6 Å². The maximum Gasteiger partial charge on any atom is 0.294 e. The van der Waals surface area contributed by atoms with Gasteiger partial charge in [0.1, 0.15) is 11.5 Å². The van der Waals surface area contributed by atoms with Crippen molar-refractivity contribution in [3.05, 3.63) is 40.8 Å². The van der Waals surface area contributed by atoms with Crippen LogP contribution < -0.4 is 10.1 Å². The number of aryl methyl sites for hydroxylation is 2. The molecule has 18 heavy (non-hydrogen) atoms. The molecule has 0 aliphatic heterocycles. The Kier molecular flexibility index (Phi) is 3.55. The number of anilines is 1. The number of hydrogen-bond acceptors (Lipinski definition) is 4. The number of aromatic nitrogens is 1. The summed E-state index contributed by atoms with van der Waals surface area (Å²) in [4.78, 5) is 4.39. The first-order valence-corrected chi connectivity index (χ1v) is 5.91. The largest absolute Gasteiger partial charge is 0.496 e. The number of oxazole rings is 1. The second-order valence-electron chi connectivity index (χ2n) is 4.25. The molecule has 0 amide bonds. The van der Waals surface area contributed by atoms with E-state index >= 15 is 0 Å². The third-order valence-electron chi connectivity index (χ3n) is 2.94. The third kappa shape index (κ3) is 2.47. The molecule has 0 saturated carbocycles. The summed E-state index contributed by atoms with van der Waals surface area (Å²) in [5.41, 5.74) is 3.29. The van der Waals surface area contributed by atoms with Crippen LogP contribution in [-0.4, -0.2) is 19.1 Å². The van der Waals surface area contributed by atoms with Crippen molar-refractivity contribution in [3.8, 4) is 5.75 Å². The topological polar surface area (TPSA) is 47.3 Å². The molecule has 0 fully saturated rings. The number of nitrogens with zero attached hydrogens (tertiary/aromatic N) is 1. The molecular weight excluding hydrogens is 228 g/mol. The molecule has 0 spiro atoms. The smallest absolute Gasteiger partial charge is 0.294 e. The quantitative estimate of drug-likeness (QED) is 0.901. The van der Waals surface area contributed by atoms with Gasteiger partial charge in [-0.15, -0.1) is 0 Å². The average Bonchev–Trinajstić information content (AvgIpc) is 2.70. The highest BCUT2D eigenvalue weighted by Gasteiger charge is 2.09. The standard InChI is InChI=1S/C14H18N2O2/c1-9-7-11(5-6-13(9)17-4)8-12-10(2)18-14(15-3)16-12/h5-7H,8H2,1-4H3,(H,15,16). The van der Waals surface area contributed by atoms with E-state index in [-0.39, 0.29) is 0 Å². The van der Waals surface area contributed by atoms with Crippen LogP contribution in [0.2, 0.25) is 0 Å². The Morgan fingerprint density at radius 1 is 1.33 bits per heavy atom. The third-order valence-corrected chi connectivity index (χ3v) is 2.94. The maximum atomic E-state index is 5.46. The predicted octanol–water partition coefficient (Wildman–Crippen LogP) is 2.93. The minimum atomic E-state index is 0.563. The molecule has 0 bridgehead atoms. The molecule has 4 heteroatoms. The predicted molar refractivity (Wildman–Crippen MR) is 71.3 cm³/mol. The monoisotopic (exact) mass is 246 g/mol. The Morgan fingerprint density at radius 3 is 2.67 bits per heavy atom. The van der Waals surface area contributed by atoms with Gasteiger partial charge in [0.25, 0.3) is 6.01 Å². The van der Waals surface area contributed by atoms with Gasteiger partial charge in [0.05, 0.1) is 12.8 Å². The molecule has 1 N–H and O–H groups in total. The summed E-state index contributed by atoms with van der Waals surface area (Å²) in [5.74, 6) is 1.76. The second-order valence-corrected chi connectivity index (χ2v) is 4.25. The molecule has 0 saturated heterocycles. The summed E-state index contributed by atoms with van der Waals surface area (Å²) >= 11 is 0. The van der Waals surface area contributed by atoms with E-state index in [0.717, 1.165) is 29.2 Å². The summed E-state index contributed by atoms with van der Waals surface area (Å²) in [7, 11) is 3.48. The van der Waals surface area contributed by atoms with Crippen molar-refractivity contribution in [3.63, 3.8) is 0 Å². The van der Waals surface area contributed by atoms with E-state index < -0.39 is 0 Å². The van der Waals surface area contributed by atoms with Crippen molar-refractivity contribution >= 4 is 6.01 Å². The Morgan fingerprint density at radius 2 is 2.11 bits per heavy atom. The summed E-state index contributed by atoms with van der Waals surface area (Å²) < 4.78 is 10.7. The zero-order valence-corrected chi connectivity index (χ0v) is 11.2. The molecule has 1 aromatic carbocycles. The highest BCUT2D eigenvalue weighted by atomic mass is 16.5. The molecule has 0 atom stereocenters. The fourth-order valence-electron chi connectivity index (χ4n) is 1.94. The lowest BCUT2D eigenvalue weighted by molar-refractivity contribution is 0.411. The van der Waals surface area contributed by atoms with Crippen LogP contribution in [0.5, 0.6) is 5.75 Å². The number of rotatable bonds is 4. The Labute approximate surface area is 107 Å². The van der Waals surface area contributed by atoms with E-state index in [9.17, 15) is 0 Å². The van der Waals surface area contributed by atoms with Crippen LogP contribution in [0.4, 0.5) is 6.01 Å². The van der Waals surface area contributed by atoms with E-state index in [1.807, 2.05) is 19.9 Å². The molecule has 0 aliphatic rings. The van der Waals surface area contributed by atoms with Gasteiger partial charge in [-0.1, -0.05) is 12.1 Å². The van der Waals surface area contributed by atoms with Crippen LogP contribution in [-0.2, 0) is 6.42 Å². The SMILES string of the molecule is CNc1nc(Cc2ccc(OC)c(C)c2)c(C)o1. The lowest BCUT2D eigenvalue weighted by Crippen LogP contribution is -1.94. The lowest BCUT2D eigenvalue weighted by Gasteiger charge is -2.06. The zero-order chi connectivity index (χ0) is 13.1. The van der Waals surface area contributed by atoms with E-state index in [1.54, 1.807) is 14.2 Å². The first-order chi connectivity index (χ1) is 8.63. The molecule has 1 aromatic heterocycles. The van der Waals surface area contributed by atoms with E-state index in [4.69, 9.17) is 9.15 Å². The van der Waals surface area contributed by atoms with Crippen LogP contribution in [0.25, 0.3) is 0 Å². The zero-order valence-electron chi connectivity index (χ0n) is 11.2. The molecule has 4 nitrogen and oxygen atoms in total. The van der Waals surface area contributed by atoms with E-state index in [0.29, 0.717) is 6.01 Å². The second kappa shape index (κ2) is 5.12. The van der Waals surface area contributed by atoms with Crippen LogP contribution in [0.3, 0.4) is 0 Å². The van der Waals surface area contributed by atoms with Gasteiger partial charge in [0.2, 0.25) is 0 Å². The normalized spacial score (nSPS) is 10.4. The van der Waals surface area contributed by atoms with Gasteiger partial charge < -0.3 is 14.5 Å². The van der Waals surface area contributed by atoms with Crippen LogP contribution in [0, 0.1) is 13.8 Å². The number of methoxy groups -OCH3 is 1. The summed E-state index contributed by atoms with van der Waals surface area (Å²) in [6.07, 6.45) is 0.766. The maximum absolute atomic E-state index is 5.46. The van der Waals surface area contributed by atoms with Crippen molar-refractivity contribution in [1.29, 1.82) is 0 Å². The van der Waals surface area contributed by atoms with E-state index in [1.165, 1.54) is 5.56 Å². The van der Waals surface area contributed by atoms with Crippen molar-refractivity contribution in [2.75, 3.05) is 19.5 Å². The van der Waals surface area contributed by atoms with Gasteiger partial charge in [-0.05, 0) is 31.0 Å². The molecule has 0 unspecified atom stereocenters. The number of nitrogens with one attached hydrogen (secondary N) is 1. The highest BCUT2D eigenvalue weighted by molar-refractivity contribution is 5.38. The van der Waals surface area contributed by atoms with Crippen molar-refractivity contribution in [2.24, 2.45) is 0 Å². The molecule has 2 aromatic rings. The average molecular weight is 246 g/mol. The van der Waals surface area contributed by atoms with Gasteiger partial charge in [-0.25, -0.2) is 0 Å². The van der Waals surface area contributed by atoms with Gasteiger partial charge in [-0.2, -0.15) is 4.98 Å². The van der Waals surface area contributed by atoms with Crippen molar-refractivity contribution < 1.29 is 9.15 Å². The fourth-order valence-corrected chi connectivity index (χ4v) is 1.94. The van der Waals surface area contributed by atoms with Crippen molar-refractivity contribution in [2.45, 2.75) is 20.3 Å². The molecule has 1 heterocycles. The number of ether oxygens (including phenoxy) is 1. The minimum Gasteiger partial charge on any atom is -0.496 e. The fraction of sp³-hybridized carbons (Fsp3) is 0.357. The number of benzene rings is 1. The molecule has 96 valence electrons. The number of hydrogen-bond donors (Lipinski definition) is 1. The Balaban J connectivity index is 2.22. The lowest BCUT2D eigenvalue weighted by atomic mass is 10.1. The van der Waals surface area contributed by atoms with Gasteiger partial charge in [0.15, 0.2) is 0 Å². The Bertz CT molecular complexity index is 547. The molecule has 0 radical (unpaired) electrons. The van der Waals surface area contributed by atoms with Crippen LogP contribution in [0.15, 0.2) is 22.6 Å². The highest BCUT2D eigenvalue weighted by Crippen LogP contribution is 2.22. The van der Waals surface area contributed by atoms with Crippen molar-refractivity contribution in [1.82, 2.24) is 4.98 Å². The summed E-state index contributed by atoms with van der Waals surface area (Å²) in [5, 5.41) is 2.91. The van der Waals surface area contributed by atoms with E-state index in [2.05, 4.69) is 22.4 Å². The molecule has 0 aliphatic carbocycles. The first-order valence-electron chi connectivity index (χ1n) is 5.91. The van der Waals surface area contributed by atoms with Crippen LogP contribution >= 0.6 is 0 Å². The van der Waals surface area contributed by atoms with Gasteiger partial charge >= 0.3 is 0 Å². The summed E-state index contributed by atoms with van der Waals surface area (Å²) in [6.45, 7) is 3.97. The molecule has 2 rings (SSSR count).